The van der Waals surface area contributed by atoms with Crippen LogP contribution < -0.4 is 16.1 Å². The molecule has 8 rings (SSSR count). The Labute approximate surface area is 220 Å². The van der Waals surface area contributed by atoms with Crippen molar-refractivity contribution in [3.63, 3.8) is 0 Å². The quantitative estimate of drug-likeness (QED) is 0.187. The number of nitrogens with zero attached hydrogens (tertiary/aromatic N) is 1. The highest BCUT2D eigenvalue weighted by atomic mass is 15.0. The molecule has 1 aliphatic heterocycles. The highest BCUT2D eigenvalue weighted by Crippen LogP contribution is 2.39. The van der Waals surface area contributed by atoms with Gasteiger partial charge < -0.3 is 20.6 Å². The number of rotatable bonds is 4. The molecular weight excluding hydrogens is 465 g/mol. The molecule has 0 saturated carbocycles. The van der Waals surface area contributed by atoms with Crippen molar-refractivity contribution in [3.05, 3.63) is 108 Å². The van der Waals surface area contributed by atoms with E-state index in [0.29, 0.717) is 0 Å². The highest BCUT2D eigenvalue weighted by molar-refractivity contribution is 6.33. The fourth-order valence-electron chi connectivity index (χ4n) is 6.13. The molecule has 0 amide bonds. The standard InChI is InChI=1S/C32H26BN5/c33-19-9-12-29-25(13-19)18(16-35-29)15-34-20-10-11-24-26(14-20)21-5-1-2-7-23(21)30-31(24)38-32(37-30)27-17-36-28-8-4-3-6-22(27)28/h1-14,16,27,34-36H,15,17,33H2,(H,37,38). The van der Waals surface area contributed by atoms with E-state index in [1.165, 1.54) is 54.7 Å². The van der Waals surface area contributed by atoms with Crippen molar-refractivity contribution < 1.29 is 0 Å². The van der Waals surface area contributed by atoms with Gasteiger partial charge in [0.2, 0.25) is 0 Å². The Bertz CT molecular complexity index is 2020. The molecule has 4 N–H and O–H groups in total. The summed E-state index contributed by atoms with van der Waals surface area (Å²) in [6.07, 6.45) is 2.11. The smallest absolute Gasteiger partial charge is 0.139 e. The zero-order valence-electron chi connectivity index (χ0n) is 21.1. The van der Waals surface area contributed by atoms with Crippen LogP contribution in [0.15, 0.2) is 91.1 Å². The molecule has 182 valence electrons. The van der Waals surface area contributed by atoms with Gasteiger partial charge in [-0.1, -0.05) is 66.1 Å². The van der Waals surface area contributed by atoms with E-state index < -0.39 is 0 Å². The Balaban J connectivity index is 1.23. The van der Waals surface area contributed by atoms with E-state index in [-0.39, 0.29) is 5.92 Å². The molecule has 0 saturated heterocycles. The van der Waals surface area contributed by atoms with Crippen molar-refractivity contribution in [2.45, 2.75) is 12.5 Å². The third-order valence-electron chi connectivity index (χ3n) is 8.05. The largest absolute Gasteiger partial charge is 0.384 e. The Morgan fingerprint density at radius 1 is 0.842 bits per heavy atom. The lowest BCUT2D eigenvalue weighted by molar-refractivity contribution is 0.836. The molecule has 6 heteroatoms. The monoisotopic (exact) mass is 491 g/mol. The maximum absolute atomic E-state index is 5.21. The van der Waals surface area contributed by atoms with Crippen LogP contribution in [0.4, 0.5) is 11.4 Å². The van der Waals surface area contributed by atoms with E-state index in [1.807, 2.05) is 0 Å². The van der Waals surface area contributed by atoms with Crippen molar-refractivity contribution >= 4 is 68.2 Å². The minimum atomic E-state index is 0.216. The first-order valence-corrected chi connectivity index (χ1v) is 13.2. The molecule has 38 heavy (non-hydrogen) atoms. The predicted octanol–water partition coefficient (Wildman–Crippen LogP) is 5.78. The number of imidazole rings is 1. The zero-order chi connectivity index (χ0) is 25.2. The number of para-hydroxylation sites is 1. The topological polar surface area (TPSA) is 68.5 Å². The first-order chi connectivity index (χ1) is 18.7. The summed E-state index contributed by atoms with van der Waals surface area (Å²) in [5, 5.41) is 13.3. The normalized spacial score (nSPS) is 14.9. The average molecular weight is 491 g/mol. The summed E-state index contributed by atoms with van der Waals surface area (Å²) in [7, 11) is 2.14. The lowest BCUT2D eigenvalue weighted by Gasteiger charge is -2.10. The Morgan fingerprint density at radius 2 is 1.71 bits per heavy atom. The molecule has 3 heterocycles. The second kappa shape index (κ2) is 8.15. The SMILES string of the molecule is Bc1ccc2[nH]cc(CNc3ccc4c(c3)c3ccccc3c3[nH]c(C5CNc6ccccc65)nc43)c2c1. The van der Waals surface area contributed by atoms with Gasteiger partial charge in [0.15, 0.2) is 0 Å². The van der Waals surface area contributed by atoms with Crippen LogP contribution in [0.25, 0.3) is 43.5 Å². The van der Waals surface area contributed by atoms with Crippen LogP contribution in [0.5, 0.6) is 0 Å². The first kappa shape index (κ1) is 21.4. The molecule has 5 aromatic carbocycles. The van der Waals surface area contributed by atoms with Crippen molar-refractivity contribution in [1.29, 1.82) is 0 Å². The van der Waals surface area contributed by atoms with E-state index in [4.69, 9.17) is 4.98 Å². The third kappa shape index (κ3) is 3.23. The van der Waals surface area contributed by atoms with Crippen molar-refractivity contribution in [1.82, 2.24) is 15.0 Å². The molecule has 0 radical (unpaired) electrons. The van der Waals surface area contributed by atoms with Gasteiger partial charge in [-0.3, -0.25) is 0 Å². The Kier molecular flexibility index (Phi) is 4.59. The summed E-state index contributed by atoms with van der Waals surface area (Å²) < 4.78 is 0. The van der Waals surface area contributed by atoms with E-state index in [9.17, 15) is 0 Å². The minimum absolute atomic E-state index is 0.216. The van der Waals surface area contributed by atoms with Crippen LogP contribution >= 0.6 is 0 Å². The summed E-state index contributed by atoms with van der Waals surface area (Å²) in [5.41, 5.74) is 9.48. The molecule has 1 aliphatic rings. The van der Waals surface area contributed by atoms with Crippen LogP contribution in [0, 0.1) is 0 Å². The Hall–Kier alpha value is -4.71. The molecule has 0 fully saturated rings. The number of hydrogen-bond donors (Lipinski definition) is 4. The fraction of sp³-hybridized carbons (Fsp3) is 0.0938. The number of nitrogens with one attached hydrogen (secondary N) is 4. The molecular formula is C32H26BN5. The minimum Gasteiger partial charge on any atom is -0.384 e. The van der Waals surface area contributed by atoms with Gasteiger partial charge in [-0.25, -0.2) is 4.98 Å². The lowest BCUT2D eigenvalue weighted by Crippen LogP contribution is -2.05. The molecule has 0 spiro atoms. The predicted molar refractivity (Wildman–Crippen MR) is 162 cm³/mol. The fourth-order valence-corrected chi connectivity index (χ4v) is 6.13. The number of fused-ring (bicyclic) bond motifs is 8. The average Bonchev–Trinajstić information content (AvgIpc) is 3.68. The van der Waals surface area contributed by atoms with Gasteiger partial charge in [-0.15, -0.1) is 0 Å². The van der Waals surface area contributed by atoms with E-state index in [1.54, 1.807) is 0 Å². The number of anilines is 2. The third-order valence-corrected chi connectivity index (χ3v) is 8.05. The van der Waals surface area contributed by atoms with Gasteiger partial charge in [-0.05, 0) is 46.2 Å². The molecule has 5 nitrogen and oxygen atoms in total. The summed E-state index contributed by atoms with van der Waals surface area (Å²) in [6, 6.07) is 30.4. The van der Waals surface area contributed by atoms with Gasteiger partial charge in [0, 0.05) is 52.3 Å². The number of aromatic nitrogens is 3. The van der Waals surface area contributed by atoms with Gasteiger partial charge in [0.05, 0.1) is 17.0 Å². The first-order valence-electron chi connectivity index (χ1n) is 13.2. The maximum Gasteiger partial charge on any atom is 0.139 e. The van der Waals surface area contributed by atoms with Crippen LogP contribution in [-0.4, -0.2) is 29.3 Å². The van der Waals surface area contributed by atoms with Gasteiger partial charge in [0.1, 0.15) is 13.7 Å². The number of H-pyrrole nitrogens is 2. The maximum atomic E-state index is 5.21. The van der Waals surface area contributed by atoms with E-state index in [0.717, 1.165) is 35.6 Å². The van der Waals surface area contributed by atoms with Crippen molar-refractivity contribution in [3.8, 4) is 0 Å². The zero-order valence-corrected chi connectivity index (χ0v) is 21.1. The van der Waals surface area contributed by atoms with Gasteiger partial charge in [-0.2, -0.15) is 0 Å². The van der Waals surface area contributed by atoms with Gasteiger partial charge in [0.25, 0.3) is 0 Å². The van der Waals surface area contributed by atoms with Crippen LogP contribution in [0.1, 0.15) is 22.9 Å². The van der Waals surface area contributed by atoms with Gasteiger partial charge >= 0.3 is 0 Å². The molecule has 2 aromatic heterocycles. The summed E-state index contributed by atoms with van der Waals surface area (Å²) in [4.78, 5) is 12.3. The molecule has 7 aromatic rings. The van der Waals surface area contributed by atoms with Crippen LogP contribution in [-0.2, 0) is 6.54 Å². The highest BCUT2D eigenvalue weighted by Gasteiger charge is 2.26. The van der Waals surface area contributed by atoms with E-state index in [2.05, 4.69) is 120 Å². The van der Waals surface area contributed by atoms with Crippen molar-refractivity contribution in [2.24, 2.45) is 0 Å². The summed E-state index contributed by atoms with van der Waals surface area (Å²) in [5.74, 6) is 1.24. The number of aromatic amines is 2. The summed E-state index contributed by atoms with van der Waals surface area (Å²) >= 11 is 0. The molecule has 0 aliphatic carbocycles. The number of hydrogen-bond acceptors (Lipinski definition) is 3. The Morgan fingerprint density at radius 3 is 2.66 bits per heavy atom. The molecule has 0 bridgehead atoms. The number of benzene rings is 5. The van der Waals surface area contributed by atoms with Crippen LogP contribution in [0.3, 0.4) is 0 Å². The lowest BCUT2D eigenvalue weighted by atomic mass is 9.94. The van der Waals surface area contributed by atoms with Crippen molar-refractivity contribution in [2.75, 3.05) is 17.2 Å². The molecule has 1 atom stereocenters. The molecule has 1 unspecified atom stereocenters. The second-order valence-electron chi connectivity index (χ2n) is 10.4. The van der Waals surface area contributed by atoms with Crippen LogP contribution in [0.2, 0.25) is 0 Å². The second-order valence-corrected chi connectivity index (χ2v) is 10.4. The summed E-state index contributed by atoms with van der Waals surface area (Å²) in [6.45, 7) is 1.62. The van der Waals surface area contributed by atoms with E-state index >= 15 is 0 Å².